The summed E-state index contributed by atoms with van der Waals surface area (Å²) in [4.78, 5) is 13.8. The zero-order valence-corrected chi connectivity index (χ0v) is 26.7. The first-order valence-corrected chi connectivity index (χ1v) is 15.9. The van der Waals surface area contributed by atoms with Crippen molar-refractivity contribution in [3.8, 4) is 17.3 Å². The molecule has 0 spiro atoms. The molecule has 1 aliphatic rings. The van der Waals surface area contributed by atoms with Crippen LogP contribution in [0, 0.1) is 0 Å². The molecule has 0 N–H and O–H groups in total. The van der Waals surface area contributed by atoms with Gasteiger partial charge in [0.05, 0.1) is 23.4 Å². The van der Waals surface area contributed by atoms with Crippen molar-refractivity contribution in [1.29, 1.82) is 0 Å². The standard InChI is InChI=1S/C40H33N5O2/c1-40(2,3)25-18-20-41-36(21-25)45-33-13-6-5-11-29(33)30-15-14-28(23-35(30)45)46-27-10-7-9-26(22-27)44-24-43(4)34-17-16-31-32-12-8-19-42-39(32)47-38(31)37(34)44/h5-23H,24H2,1-4H3. The van der Waals surface area contributed by atoms with Crippen LogP contribution in [-0.2, 0) is 5.41 Å². The molecule has 0 radical (unpaired) electrons. The van der Waals surface area contributed by atoms with Gasteiger partial charge in [-0.2, -0.15) is 0 Å². The topological polar surface area (TPSA) is 59.6 Å². The van der Waals surface area contributed by atoms with Crippen molar-refractivity contribution in [2.75, 3.05) is 23.5 Å². The number of hydrogen-bond acceptors (Lipinski definition) is 6. The Hall–Kier alpha value is -5.82. The van der Waals surface area contributed by atoms with Gasteiger partial charge in [0.15, 0.2) is 5.58 Å². The summed E-state index contributed by atoms with van der Waals surface area (Å²) in [5, 5.41) is 4.42. The van der Waals surface area contributed by atoms with Gasteiger partial charge < -0.3 is 19.0 Å². The van der Waals surface area contributed by atoms with Crippen molar-refractivity contribution in [3.63, 3.8) is 0 Å². The van der Waals surface area contributed by atoms with Gasteiger partial charge in [-0.15, -0.1) is 0 Å². The van der Waals surface area contributed by atoms with E-state index in [4.69, 9.17) is 14.1 Å². The van der Waals surface area contributed by atoms with Crippen molar-refractivity contribution in [2.45, 2.75) is 26.2 Å². The number of pyridine rings is 2. The van der Waals surface area contributed by atoms with Gasteiger partial charge in [-0.3, -0.25) is 4.57 Å². The minimum Gasteiger partial charge on any atom is -0.457 e. The molecular formula is C40H33N5O2. The van der Waals surface area contributed by atoms with Crippen molar-refractivity contribution in [1.82, 2.24) is 14.5 Å². The molecule has 0 aliphatic carbocycles. The first-order chi connectivity index (χ1) is 22.8. The highest BCUT2D eigenvalue weighted by Gasteiger charge is 2.30. The number of rotatable bonds is 4. The summed E-state index contributed by atoms with van der Waals surface area (Å²) in [6, 6.07) is 35.7. The second-order valence-electron chi connectivity index (χ2n) is 13.3. The third kappa shape index (κ3) is 4.34. The predicted octanol–water partition coefficient (Wildman–Crippen LogP) is 10.1. The maximum Gasteiger partial charge on any atom is 0.227 e. The molecule has 7 heteroatoms. The highest BCUT2D eigenvalue weighted by Crippen LogP contribution is 2.47. The number of nitrogens with zero attached hydrogens (tertiary/aromatic N) is 5. The second kappa shape index (κ2) is 10.1. The zero-order valence-electron chi connectivity index (χ0n) is 26.7. The van der Waals surface area contributed by atoms with Gasteiger partial charge in [-0.25, -0.2) is 9.97 Å². The minimum absolute atomic E-state index is 0.00741. The first kappa shape index (κ1) is 27.5. The number of hydrogen-bond donors (Lipinski definition) is 0. The van der Waals surface area contributed by atoms with Crippen molar-refractivity contribution >= 4 is 60.9 Å². The Morgan fingerprint density at radius 2 is 1.51 bits per heavy atom. The maximum atomic E-state index is 6.59. The summed E-state index contributed by atoms with van der Waals surface area (Å²) in [7, 11) is 2.10. The quantitative estimate of drug-likeness (QED) is 0.196. The molecule has 0 atom stereocenters. The van der Waals surface area contributed by atoms with Crippen LogP contribution in [0.2, 0.25) is 0 Å². The fourth-order valence-corrected chi connectivity index (χ4v) is 6.91. The number of para-hydroxylation sites is 1. The first-order valence-electron chi connectivity index (χ1n) is 15.9. The summed E-state index contributed by atoms with van der Waals surface area (Å²) < 4.78 is 15.2. The molecule has 0 bridgehead atoms. The molecule has 4 aromatic heterocycles. The zero-order chi connectivity index (χ0) is 31.9. The molecule has 4 aromatic carbocycles. The summed E-state index contributed by atoms with van der Waals surface area (Å²) in [6.07, 6.45) is 3.68. The SMILES string of the molecule is CN1CN(c2cccc(Oc3ccc4c5ccccc5n(-c5cc(C(C)(C)C)ccn5)c4c3)c2)c2c1ccc1c2oc2ncccc21. The fourth-order valence-electron chi connectivity index (χ4n) is 6.91. The van der Waals surface area contributed by atoms with Crippen LogP contribution in [0.4, 0.5) is 17.1 Å². The molecule has 1 aliphatic heterocycles. The lowest BCUT2D eigenvalue weighted by molar-refractivity contribution is 0.483. The number of furan rings is 1. The smallest absolute Gasteiger partial charge is 0.227 e. The van der Waals surface area contributed by atoms with E-state index in [1.165, 1.54) is 10.9 Å². The molecule has 8 aromatic rings. The van der Waals surface area contributed by atoms with E-state index in [-0.39, 0.29) is 5.41 Å². The highest BCUT2D eigenvalue weighted by molar-refractivity contribution is 6.12. The Morgan fingerprint density at radius 3 is 2.40 bits per heavy atom. The molecule has 47 heavy (non-hydrogen) atoms. The van der Waals surface area contributed by atoms with E-state index >= 15 is 0 Å². The largest absolute Gasteiger partial charge is 0.457 e. The highest BCUT2D eigenvalue weighted by atomic mass is 16.5. The normalized spacial score (nSPS) is 13.4. The second-order valence-corrected chi connectivity index (χ2v) is 13.3. The lowest BCUT2D eigenvalue weighted by Gasteiger charge is -2.20. The Morgan fingerprint density at radius 1 is 0.702 bits per heavy atom. The maximum absolute atomic E-state index is 6.59. The van der Waals surface area contributed by atoms with Crippen molar-refractivity contribution in [3.05, 3.63) is 121 Å². The van der Waals surface area contributed by atoms with E-state index in [2.05, 4.69) is 132 Å². The predicted molar refractivity (Wildman–Crippen MR) is 191 cm³/mol. The third-order valence-electron chi connectivity index (χ3n) is 9.26. The molecule has 7 nitrogen and oxygen atoms in total. The fraction of sp³-hybridized carbons (Fsp3) is 0.150. The Kier molecular flexibility index (Phi) is 5.90. The van der Waals surface area contributed by atoms with E-state index in [0.717, 1.165) is 67.2 Å². The van der Waals surface area contributed by atoms with E-state index < -0.39 is 0 Å². The number of aromatic nitrogens is 3. The van der Waals surface area contributed by atoms with Crippen LogP contribution in [0.3, 0.4) is 0 Å². The molecular weight excluding hydrogens is 582 g/mol. The van der Waals surface area contributed by atoms with Crippen molar-refractivity contribution in [2.24, 2.45) is 0 Å². The Labute approximate surface area is 272 Å². The molecule has 5 heterocycles. The van der Waals surface area contributed by atoms with Gasteiger partial charge in [0, 0.05) is 58.8 Å². The van der Waals surface area contributed by atoms with Gasteiger partial charge in [-0.1, -0.05) is 45.0 Å². The molecule has 0 unspecified atom stereocenters. The van der Waals surface area contributed by atoms with Crippen LogP contribution in [0.25, 0.3) is 49.7 Å². The van der Waals surface area contributed by atoms with E-state index in [1.54, 1.807) is 6.20 Å². The van der Waals surface area contributed by atoms with Gasteiger partial charge in [-0.05, 0) is 77.7 Å². The molecule has 9 rings (SSSR count). The molecule has 0 saturated heterocycles. The van der Waals surface area contributed by atoms with Crippen LogP contribution in [0.15, 0.2) is 120 Å². The molecule has 230 valence electrons. The number of benzene rings is 4. The van der Waals surface area contributed by atoms with E-state index in [1.807, 2.05) is 24.4 Å². The number of anilines is 3. The van der Waals surface area contributed by atoms with E-state index in [0.29, 0.717) is 12.4 Å². The van der Waals surface area contributed by atoms with Crippen LogP contribution in [-0.4, -0.2) is 28.3 Å². The van der Waals surface area contributed by atoms with Gasteiger partial charge in [0.1, 0.15) is 23.0 Å². The number of fused-ring (bicyclic) bond motifs is 8. The van der Waals surface area contributed by atoms with E-state index in [9.17, 15) is 0 Å². The van der Waals surface area contributed by atoms with Gasteiger partial charge >= 0.3 is 0 Å². The van der Waals surface area contributed by atoms with Crippen LogP contribution >= 0.6 is 0 Å². The lowest BCUT2D eigenvalue weighted by atomic mass is 9.88. The van der Waals surface area contributed by atoms with Crippen LogP contribution in [0.5, 0.6) is 11.5 Å². The summed E-state index contributed by atoms with van der Waals surface area (Å²) in [6.45, 7) is 7.38. The van der Waals surface area contributed by atoms with Gasteiger partial charge in [0.2, 0.25) is 5.71 Å². The number of ether oxygens (including phenoxy) is 1. The van der Waals surface area contributed by atoms with Crippen molar-refractivity contribution < 1.29 is 9.15 Å². The molecule has 0 saturated carbocycles. The third-order valence-corrected chi connectivity index (χ3v) is 9.26. The Bertz CT molecular complexity index is 2500. The van der Waals surface area contributed by atoms with Gasteiger partial charge in [0.25, 0.3) is 0 Å². The lowest BCUT2D eigenvalue weighted by Crippen LogP contribution is -2.23. The monoisotopic (exact) mass is 615 g/mol. The minimum atomic E-state index is 0.00741. The molecule has 0 amide bonds. The summed E-state index contributed by atoms with van der Waals surface area (Å²) >= 11 is 0. The average molecular weight is 616 g/mol. The van der Waals surface area contributed by atoms with Crippen LogP contribution in [0.1, 0.15) is 26.3 Å². The summed E-state index contributed by atoms with van der Waals surface area (Å²) in [5.74, 6) is 2.41. The van der Waals surface area contributed by atoms with Crippen LogP contribution < -0.4 is 14.5 Å². The molecule has 0 fully saturated rings. The average Bonchev–Trinajstić information content (AvgIpc) is 3.73. The summed E-state index contributed by atoms with van der Waals surface area (Å²) in [5.41, 5.74) is 8.08. The Balaban J connectivity index is 1.12.